The molecule has 0 bridgehead atoms. The van der Waals surface area contributed by atoms with Crippen molar-refractivity contribution in [2.24, 2.45) is 0 Å². The molecule has 0 fully saturated rings. The number of methoxy groups -OCH3 is 1. The van der Waals surface area contributed by atoms with Crippen molar-refractivity contribution in [3.63, 3.8) is 0 Å². The maximum atomic E-state index is 13.0. The lowest BCUT2D eigenvalue weighted by molar-refractivity contribution is -0.137. The standard InChI is InChI=1S/C36H35F3N2O4.ClH/c1-44-33(26-7-6-8-27(21-26)36(37,38)39)23-40-19-20-45-35(43)25-15-13-24(14-16-25)17-18-41-34(42)22-32-30-11-4-2-9-28(30)29-10-3-5-12-31(29)32;/h2-16,21,32-33,40H,17-20,22-23H2,1H3,(H,41,42);1H. The van der Waals surface area contributed by atoms with E-state index in [-0.39, 0.29) is 37.4 Å². The molecule has 0 saturated heterocycles. The van der Waals surface area contributed by atoms with Gasteiger partial charge in [-0.2, -0.15) is 13.2 Å². The van der Waals surface area contributed by atoms with Gasteiger partial charge in [-0.1, -0.05) is 72.8 Å². The Hall–Kier alpha value is -4.18. The van der Waals surface area contributed by atoms with E-state index >= 15 is 0 Å². The third-order valence-electron chi connectivity index (χ3n) is 7.99. The third-order valence-corrected chi connectivity index (χ3v) is 7.99. The predicted octanol–water partition coefficient (Wildman–Crippen LogP) is 7.12. The molecule has 0 radical (unpaired) electrons. The molecule has 10 heteroatoms. The summed E-state index contributed by atoms with van der Waals surface area (Å²) in [5.41, 5.74) is 5.79. The maximum absolute atomic E-state index is 13.0. The van der Waals surface area contributed by atoms with E-state index in [9.17, 15) is 22.8 Å². The second-order valence-electron chi connectivity index (χ2n) is 10.9. The largest absolute Gasteiger partial charge is 0.461 e. The van der Waals surface area contributed by atoms with Crippen molar-refractivity contribution in [3.8, 4) is 11.1 Å². The number of amides is 1. The Morgan fingerprint density at radius 1 is 0.848 bits per heavy atom. The molecule has 1 atom stereocenters. The van der Waals surface area contributed by atoms with Crippen LogP contribution in [-0.2, 0) is 26.9 Å². The third kappa shape index (κ3) is 8.54. The summed E-state index contributed by atoms with van der Waals surface area (Å²) in [5, 5.41) is 6.09. The molecule has 0 heterocycles. The van der Waals surface area contributed by atoms with Crippen LogP contribution >= 0.6 is 12.4 Å². The fourth-order valence-corrected chi connectivity index (χ4v) is 5.68. The van der Waals surface area contributed by atoms with Crippen LogP contribution in [0.5, 0.6) is 0 Å². The quantitative estimate of drug-likeness (QED) is 0.119. The topological polar surface area (TPSA) is 76.7 Å². The molecule has 6 nitrogen and oxygen atoms in total. The van der Waals surface area contributed by atoms with Crippen molar-refractivity contribution >= 4 is 24.3 Å². The van der Waals surface area contributed by atoms with Gasteiger partial charge in [0.2, 0.25) is 5.91 Å². The van der Waals surface area contributed by atoms with Gasteiger partial charge in [0, 0.05) is 39.1 Å². The normalized spacial score (nSPS) is 12.9. The van der Waals surface area contributed by atoms with E-state index in [1.54, 1.807) is 18.2 Å². The number of carbonyl (C=O) groups excluding carboxylic acids is 2. The second kappa shape index (κ2) is 15.9. The van der Waals surface area contributed by atoms with Crippen LogP contribution in [0.4, 0.5) is 13.2 Å². The van der Waals surface area contributed by atoms with E-state index in [1.165, 1.54) is 35.4 Å². The molecule has 4 aromatic rings. The average Bonchev–Trinajstić information content (AvgIpc) is 3.36. The number of alkyl halides is 3. The van der Waals surface area contributed by atoms with Crippen LogP contribution in [0.3, 0.4) is 0 Å². The number of halogens is 4. The Labute approximate surface area is 272 Å². The summed E-state index contributed by atoms with van der Waals surface area (Å²) in [6, 6.07) is 28.5. The lowest BCUT2D eigenvalue weighted by atomic mass is 9.93. The molecular formula is C36H36ClF3N2O4. The molecule has 2 N–H and O–H groups in total. The molecule has 5 rings (SSSR count). The summed E-state index contributed by atoms with van der Waals surface area (Å²) in [6.45, 7) is 1.12. The summed E-state index contributed by atoms with van der Waals surface area (Å²) in [6.07, 6.45) is -4.02. The minimum Gasteiger partial charge on any atom is -0.461 e. The fraction of sp³-hybridized carbons (Fsp3) is 0.278. The molecule has 0 saturated carbocycles. The first kappa shape index (κ1) is 34.7. The Morgan fingerprint density at radius 3 is 2.13 bits per heavy atom. The molecule has 242 valence electrons. The molecule has 4 aromatic carbocycles. The summed E-state index contributed by atoms with van der Waals surface area (Å²) in [4.78, 5) is 25.3. The number of hydrogen-bond acceptors (Lipinski definition) is 5. The Balaban J connectivity index is 0.00000480. The number of rotatable bonds is 13. The van der Waals surface area contributed by atoms with E-state index in [0.717, 1.165) is 17.7 Å². The van der Waals surface area contributed by atoms with Crippen LogP contribution in [0.15, 0.2) is 97.1 Å². The SMILES string of the molecule is COC(CNCCOC(=O)c1ccc(CCNC(=O)CC2c3ccccc3-c3ccccc32)cc1)c1cccc(C(F)(F)F)c1.Cl. The smallest absolute Gasteiger partial charge is 0.416 e. The number of ether oxygens (including phenoxy) is 2. The average molecular weight is 653 g/mol. The Morgan fingerprint density at radius 2 is 1.50 bits per heavy atom. The van der Waals surface area contributed by atoms with E-state index in [0.29, 0.717) is 37.1 Å². The van der Waals surface area contributed by atoms with E-state index in [4.69, 9.17) is 9.47 Å². The molecule has 46 heavy (non-hydrogen) atoms. The molecule has 1 amide bonds. The molecule has 1 aliphatic carbocycles. The zero-order valence-corrected chi connectivity index (χ0v) is 26.1. The molecular weight excluding hydrogens is 617 g/mol. The van der Waals surface area contributed by atoms with Gasteiger partial charge in [-0.05, 0) is 64.1 Å². The molecule has 0 aromatic heterocycles. The Bertz CT molecular complexity index is 1580. The molecule has 0 spiro atoms. The summed E-state index contributed by atoms with van der Waals surface area (Å²) in [5.74, 6) is -0.448. The van der Waals surface area contributed by atoms with Gasteiger partial charge in [-0.3, -0.25) is 4.79 Å². The van der Waals surface area contributed by atoms with Crippen LogP contribution < -0.4 is 10.6 Å². The van der Waals surface area contributed by atoms with Gasteiger partial charge in [0.1, 0.15) is 6.61 Å². The lowest BCUT2D eigenvalue weighted by Crippen LogP contribution is -2.27. The van der Waals surface area contributed by atoms with E-state index in [2.05, 4.69) is 34.9 Å². The maximum Gasteiger partial charge on any atom is 0.416 e. The number of nitrogens with one attached hydrogen (secondary N) is 2. The highest BCUT2D eigenvalue weighted by Gasteiger charge is 2.31. The van der Waals surface area contributed by atoms with Crippen molar-refractivity contribution in [1.82, 2.24) is 10.6 Å². The predicted molar refractivity (Wildman–Crippen MR) is 173 cm³/mol. The highest BCUT2D eigenvalue weighted by Crippen LogP contribution is 2.46. The zero-order chi connectivity index (χ0) is 31.8. The number of hydrogen-bond donors (Lipinski definition) is 2. The van der Waals surface area contributed by atoms with Crippen molar-refractivity contribution in [1.29, 1.82) is 0 Å². The molecule has 1 aliphatic rings. The van der Waals surface area contributed by atoms with Crippen molar-refractivity contribution in [3.05, 3.63) is 130 Å². The van der Waals surface area contributed by atoms with Crippen LogP contribution in [0.25, 0.3) is 11.1 Å². The van der Waals surface area contributed by atoms with Gasteiger partial charge in [0.25, 0.3) is 0 Å². The number of fused-ring (bicyclic) bond motifs is 3. The monoisotopic (exact) mass is 652 g/mol. The van der Waals surface area contributed by atoms with Crippen molar-refractivity contribution < 1.29 is 32.2 Å². The first-order valence-electron chi connectivity index (χ1n) is 14.9. The molecule has 0 aliphatic heterocycles. The van der Waals surface area contributed by atoms with Gasteiger partial charge in [-0.25, -0.2) is 4.79 Å². The second-order valence-corrected chi connectivity index (χ2v) is 10.9. The highest BCUT2D eigenvalue weighted by molar-refractivity contribution is 5.89. The van der Waals surface area contributed by atoms with Crippen LogP contribution in [0.1, 0.15) is 56.6 Å². The van der Waals surface area contributed by atoms with Gasteiger partial charge in [0.15, 0.2) is 0 Å². The molecule has 1 unspecified atom stereocenters. The van der Waals surface area contributed by atoms with Gasteiger partial charge < -0.3 is 20.1 Å². The van der Waals surface area contributed by atoms with Gasteiger partial charge in [0.05, 0.1) is 17.2 Å². The fourth-order valence-electron chi connectivity index (χ4n) is 5.68. The van der Waals surface area contributed by atoms with Gasteiger partial charge in [-0.15, -0.1) is 12.4 Å². The Kier molecular flexibility index (Phi) is 12.0. The summed E-state index contributed by atoms with van der Waals surface area (Å²) in [7, 11) is 1.43. The minimum atomic E-state index is -4.43. The number of benzene rings is 4. The zero-order valence-electron chi connectivity index (χ0n) is 25.3. The summed E-state index contributed by atoms with van der Waals surface area (Å²) < 4.78 is 49.8. The first-order chi connectivity index (χ1) is 21.7. The lowest BCUT2D eigenvalue weighted by Gasteiger charge is -2.18. The number of carbonyl (C=O) groups is 2. The highest BCUT2D eigenvalue weighted by atomic mass is 35.5. The van der Waals surface area contributed by atoms with Crippen LogP contribution in [-0.4, -0.2) is 45.2 Å². The van der Waals surface area contributed by atoms with Crippen LogP contribution in [0, 0.1) is 0 Å². The minimum absolute atomic E-state index is 0. The van der Waals surface area contributed by atoms with Crippen molar-refractivity contribution in [2.75, 3.05) is 33.4 Å². The first-order valence-corrected chi connectivity index (χ1v) is 14.9. The van der Waals surface area contributed by atoms with Crippen LogP contribution in [0.2, 0.25) is 0 Å². The van der Waals surface area contributed by atoms with E-state index < -0.39 is 23.8 Å². The van der Waals surface area contributed by atoms with Crippen molar-refractivity contribution in [2.45, 2.75) is 31.0 Å². The summed E-state index contributed by atoms with van der Waals surface area (Å²) >= 11 is 0. The number of esters is 1. The van der Waals surface area contributed by atoms with Gasteiger partial charge >= 0.3 is 12.1 Å². The van der Waals surface area contributed by atoms with E-state index in [1.807, 2.05) is 36.4 Å².